The predicted molar refractivity (Wildman–Crippen MR) is 75.6 cm³/mol. The number of amides is 2. The highest BCUT2D eigenvalue weighted by Gasteiger charge is 2.40. The Morgan fingerprint density at radius 3 is 2.59 bits per heavy atom. The van der Waals surface area contributed by atoms with Gasteiger partial charge >= 0.3 is 0 Å². The molecule has 1 atom stereocenters. The SMILES string of the molecule is O=C1NOc2ccccc2C1N1Oc2ccccc2CC1=O. The van der Waals surface area contributed by atoms with E-state index in [-0.39, 0.29) is 12.3 Å². The van der Waals surface area contributed by atoms with E-state index in [1.54, 1.807) is 30.3 Å². The summed E-state index contributed by atoms with van der Waals surface area (Å²) in [5.74, 6) is 0.378. The van der Waals surface area contributed by atoms with Crippen LogP contribution in [0.3, 0.4) is 0 Å². The summed E-state index contributed by atoms with van der Waals surface area (Å²) in [6.07, 6.45) is 0.197. The van der Waals surface area contributed by atoms with Crippen molar-refractivity contribution in [1.29, 1.82) is 0 Å². The van der Waals surface area contributed by atoms with Gasteiger partial charge in [0.15, 0.2) is 17.5 Å². The number of para-hydroxylation sites is 2. The average molecular weight is 296 g/mol. The number of rotatable bonds is 1. The van der Waals surface area contributed by atoms with Gasteiger partial charge in [0, 0.05) is 11.1 Å². The van der Waals surface area contributed by atoms with Crippen LogP contribution in [-0.4, -0.2) is 16.9 Å². The molecule has 2 heterocycles. The summed E-state index contributed by atoms with van der Waals surface area (Å²) in [7, 11) is 0. The number of carbonyl (C=O) groups excluding carboxylic acids is 2. The number of nitrogens with one attached hydrogen (secondary N) is 1. The molecule has 0 aliphatic carbocycles. The van der Waals surface area contributed by atoms with Crippen molar-refractivity contribution in [1.82, 2.24) is 10.5 Å². The molecule has 2 amide bonds. The molecule has 0 radical (unpaired) electrons. The van der Waals surface area contributed by atoms with Gasteiger partial charge in [-0.3, -0.25) is 9.59 Å². The summed E-state index contributed by atoms with van der Waals surface area (Å²) in [5, 5.41) is 1.12. The number of hydroxylamine groups is 3. The molecule has 1 N–H and O–H groups in total. The van der Waals surface area contributed by atoms with Crippen LogP contribution in [0.5, 0.6) is 11.5 Å². The van der Waals surface area contributed by atoms with Crippen molar-refractivity contribution in [3.8, 4) is 11.5 Å². The Hall–Kier alpha value is -3.02. The first kappa shape index (κ1) is 12.7. The van der Waals surface area contributed by atoms with Crippen LogP contribution in [0.15, 0.2) is 48.5 Å². The highest BCUT2D eigenvalue weighted by atomic mass is 16.7. The lowest BCUT2D eigenvalue weighted by atomic mass is 10.0. The number of hydrogen-bond acceptors (Lipinski definition) is 4. The van der Waals surface area contributed by atoms with E-state index in [0.29, 0.717) is 17.1 Å². The van der Waals surface area contributed by atoms with E-state index in [9.17, 15) is 9.59 Å². The zero-order valence-corrected chi connectivity index (χ0v) is 11.5. The molecular weight excluding hydrogens is 284 g/mol. The molecule has 0 fully saturated rings. The van der Waals surface area contributed by atoms with E-state index in [1.807, 2.05) is 18.2 Å². The van der Waals surface area contributed by atoms with Gasteiger partial charge in [0.2, 0.25) is 0 Å². The second-order valence-corrected chi connectivity index (χ2v) is 5.10. The molecule has 110 valence electrons. The Morgan fingerprint density at radius 2 is 1.73 bits per heavy atom. The van der Waals surface area contributed by atoms with Crippen molar-refractivity contribution < 1.29 is 19.3 Å². The van der Waals surface area contributed by atoms with Crippen molar-refractivity contribution in [2.75, 3.05) is 0 Å². The Bertz CT molecular complexity index is 774. The van der Waals surface area contributed by atoms with Crippen molar-refractivity contribution in [3.05, 3.63) is 59.7 Å². The highest BCUT2D eigenvalue weighted by molar-refractivity contribution is 5.90. The van der Waals surface area contributed by atoms with Gasteiger partial charge in [-0.1, -0.05) is 36.4 Å². The summed E-state index contributed by atoms with van der Waals surface area (Å²) in [6, 6.07) is 13.5. The monoisotopic (exact) mass is 296 g/mol. The highest BCUT2D eigenvalue weighted by Crippen LogP contribution is 2.36. The molecule has 22 heavy (non-hydrogen) atoms. The molecule has 4 rings (SSSR count). The molecule has 0 saturated heterocycles. The molecule has 6 nitrogen and oxygen atoms in total. The molecule has 6 heteroatoms. The van der Waals surface area contributed by atoms with Crippen LogP contribution in [0.25, 0.3) is 0 Å². The molecule has 0 aromatic heterocycles. The minimum Gasteiger partial charge on any atom is -0.379 e. The van der Waals surface area contributed by atoms with Crippen LogP contribution in [0.4, 0.5) is 0 Å². The lowest BCUT2D eigenvalue weighted by Gasteiger charge is -2.35. The van der Waals surface area contributed by atoms with E-state index < -0.39 is 11.9 Å². The van der Waals surface area contributed by atoms with Crippen LogP contribution < -0.4 is 15.2 Å². The normalized spacial score (nSPS) is 19.5. The van der Waals surface area contributed by atoms with Gasteiger partial charge in [-0.15, -0.1) is 0 Å². The van der Waals surface area contributed by atoms with Crippen LogP contribution in [0.1, 0.15) is 17.2 Å². The molecule has 2 aliphatic rings. The fraction of sp³-hybridized carbons (Fsp3) is 0.125. The molecule has 2 aliphatic heterocycles. The fourth-order valence-electron chi connectivity index (χ4n) is 2.67. The van der Waals surface area contributed by atoms with Crippen molar-refractivity contribution in [2.45, 2.75) is 12.5 Å². The molecule has 0 saturated carbocycles. The maximum atomic E-state index is 12.4. The minimum absolute atomic E-state index is 0.197. The van der Waals surface area contributed by atoms with Crippen molar-refractivity contribution >= 4 is 11.8 Å². The van der Waals surface area contributed by atoms with E-state index in [1.165, 1.54) is 0 Å². The maximum Gasteiger partial charge on any atom is 0.283 e. The van der Waals surface area contributed by atoms with Gasteiger partial charge < -0.3 is 9.68 Å². The van der Waals surface area contributed by atoms with Gasteiger partial charge in [0.25, 0.3) is 11.8 Å². The van der Waals surface area contributed by atoms with Gasteiger partial charge in [0.1, 0.15) is 0 Å². The number of benzene rings is 2. The van der Waals surface area contributed by atoms with E-state index in [0.717, 1.165) is 10.6 Å². The van der Waals surface area contributed by atoms with Crippen molar-refractivity contribution in [2.24, 2.45) is 0 Å². The smallest absolute Gasteiger partial charge is 0.283 e. The van der Waals surface area contributed by atoms with Gasteiger partial charge in [-0.05, 0) is 12.1 Å². The second-order valence-electron chi connectivity index (χ2n) is 5.10. The van der Waals surface area contributed by atoms with Gasteiger partial charge in [-0.2, -0.15) is 10.5 Å². The molecule has 2 aromatic carbocycles. The van der Waals surface area contributed by atoms with E-state index >= 15 is 0 Å². The Balaban J connectivity index is 1.76. The number of nitrogens with zero attached hydrogens (tertiary/aromatic N) is 1. The second kappa shape index (κ2) is 4.77. The number of carbonyl (C=O) groups is 2. The first-order valence-electron chi connectivity index (χ1n) is 6.87. The molecule has 1 unspecified atom stereocenters. The molecule has 0 bridgehead atoms. The molecule has 0 spiro atoms. The summed E-state index contributed by atoms with van der Waals surface area (Å²) in [5.41, 5.74) is 3.72. The number of hydrogen-bond donors (Lipinski definition) is 1. The molecule has 2 aromatic rings. The Morgan fingerprint density at radius 1 is 1.00 bits per heavy atom. The fourth-order valence-corrected chi connectivity index (χ4v) is 2.67. The summed E-state index contributed by atoms with van der Waals surface area (Å²) in [6.45, 7) is 0. The quantitative estimate of drug-likeness (QED) is 0.866. The standard InChI is InChI=1S/C16H12N2O4/c19-14-9-10-5-1-3-7-12(10)22-18(14)15-11-6-2-4-8-13(11)21-17-16(15)20/h1-8,15H,9H2,(H,17,20). The maximum absolute atomic E-state index is 12.4. The molecular formula is C16H12N2O4. The first-order chi connectivity index (χ1) is 10.7. The van der Waals surface area contributed by atoms with Crippen LogP contribution >= 0.6 is 0 Å². The van der Waals surface area contributed by atoms with Crippen LogP contribution in [-0.2, 0) is 16.0 Å². The summed E-state index contributed by atoms with van der Waals surface area (Å²) < 4.78 is 0. The topological polar surface area (TPSA) is 67.9 Å². The predicted octanol–water partition coefficient (Wildman–Crippen LogP) is 1.53. The largest absolute Gasteiger partial charge is 0.379 e. The third kappa shape index (κ3) is 1.88. The van der Waals surface area contributed by atoms with E-state index in [4.69, 9.17) is 9.68 Å². The van der Waals surface area contributed by atoms with Gasteiger partial charge in [-0.25, -0.2) is 0 Å². The summed E-state index contributed by atoms with van der Waals surface area (Å²) in [4.78, 5) is 35.4. The van der Waals surface area contributed by atoms with E-state index in [2.05, 4.69) is 5.48 Å². The average Bonchev–Trinajstić information content (AvgIpc) is 2.54. The van der Waals surface area contributed by atoms with Gasteiger partial charge in [0.05, 0.1) is 6.42 Å². The lowest BCUT2D eigenvalue weighted by molar-refractivity contribution is -0.178. The first-order valence-corrected chi connectivity index (χ1v) is 6.87. The van der Waals surface area contributed by atoms with Crippen molar-refractivity contribution in [3.63, 3.8) is 0 Å². The zero-order chi connectivity index (χ0) is 15.1. The Kier molecular flexibility index (Phi) is 2.75. The van der Waals surface area contributed by atoms with Crippen LogP contribution in [0, 0.1) is 0 Å². The minimum atomic E-state index is -0.870. The third-order valence-electron chi connectivity index (χ3n) is 3.71. The number of fused-ring (bicyclic) bond motifs is 2. The Labute approximate surface area is 126 Å². The van der Waals surface area contributed by atoms with Crippen LogP contribution in [0.2, 0.25) is 0 Å². The third-order valence-corrected chi connectivity index (χ3v) is 3.71. The zero-order valence-electron chi connectivity index (χ0n) is 11.5. The summed E-state index contributed by atoms with van der Waals surface area (Å²) >= 11 is 0. The lowest BCUT2D eigenvalue weighted by Crippen LogP contribution is -2.50.